The second kappa shape index (κ2) is 9.95. The van der Waals surface area contributed by atoms with Crippen LogP contribution in [0.5, 0.6) is 0 Å². The predicted molar refractivity (Wildman–Crippen MR) is 152 cm³/mol. The Labute approximate surface area is 233 Å². The van der Waals surface area contributed by atoms with E-state index in [4.69, 9.17) is 9.97 Å². The van der Waals surface area contributed by atoms with E-state index in [1.807, 2.05) is 56.7 Å². The van der Waals surface area contributed by atoms with E-state index in [-0.39, 0.29) is 0 Å². The van der Waals surface area contributed by atoms with Crippen molar-refractivity contribution in [3.8, 4) is 17.2 Å². The number of aryl methyl sites for hydroxylation is 2. The van der Waals surface area contributed by atoms with Crippen LogP contribution in [0.1, 0.15) is 47.7 Å². The number of hydrogen-bond donors (Lipinski definition) is 1. The Kier molecular flexibility index (Phi) is 6.11. The molecule has 1 N–H and O–H groups in total. The minimum absolute atomic E-state index is 0.318. The molecule has 40 heavy (non-hydrogen) atoms. The summed E-state index contributed by atoms with van der Waals surface area (Å²) >= 11 is 0. The van der Waals surface area contributed by atoms with Gasteiger partial charge in [-0.1, -0.05) is 6.07 Å². The van der Waals surface area contributed by atoms with Gasteiger partial charge in [0.1, 0.15) is 5.82 Å². The third-order valence-corrected chi connectivity index (χ3v) is 8.05. The molecule has 3 aliphatic rings. The summed E-state index contributed by atoms with van der Waals surface area (Å²) in [4.78, 5) is 24.0. The van der Waals surface area contributed by atoms with Gasteiger partial charge < -0.3 is 4.90 Å². The first-order valence-electron chi connectivity index (χ1n) is 13.8. The second-order valence-corrected chi connectivity index (χ2v) is 10.9. The van der Waals surface area contributed by atoms with Gasteiger partial charge in [0.15, 0.2) is 11.6 Å². The maximum Gasteiger partial charge on any atom is 0.161 e. The lowest BCUT2D eigenvalue weighted by Crippen LogP contribution is -2.69. The van der Waals surface area contributed by atoms with Gasteiger partial charge in [-0.15, -0.1) is 0 Å². The van der Waals surface area contributed by atoms with E-state index in [0.29, 0.717) is 30.4 Å². The average molecular weight is 533 g/mol. The standard InChI is InChI=1S/C30H32N10/c1-19-11-24(13-25-12-20(2)36-37-25)35-30(34-19)23-6-7-28(31-16-23)38-17-26-14-27(18-38)40(26)21(3)22-5-8-29(32-15-22)39-10-4-9-33-39/h4-12,15-16,21,26-27H,13-14,17-18H2,1-3H3,(H,36,37). The molecule has 202 valence electrons. The fourth-order valence-corrected chi connectivity index (χ4v) is 6.12. The Morgan fingerprint density at radius 3 is 2.45 bits per heavy atom. The molecule has 0 spiro atoms. The monoisotopic (exact) mass is 532 g/mol. The smallest absolute Gasteiger partial charge is 0.161 e. The number of rotatable bonds is 7. The number of piperazine rings is 1. The molecule has 0 aliphatic carbocycles. The van der Waals surface area contributed by atoms with Gasteiger partial charge >= 0.3 is 0 Å². The first kappa shape index (κ1) is 24.6. The molecule has 3 saturated heterocycles. The summed E-state index contributed by atoms with van der Waals surface area (Å²) in [6.45, 7) is 8.24. The summed E-state index contributed by atoms with van der Waals surface area (Å²) in [6, 6.07) is 15.7. The largest absolute Gasteiger partial charge is 0.353 e. The van der Waals surface area contributed by atoms with E-state index in [0.717, 1.165) is 53.1 Å². The summed E-state index contributed by atoms with van der Waals surface area (Å²) in [7, 11) is 0. The Morgan fingerprint density at radius 2 is 1.77 bits per heavy atom. The number of anilines is 1. The quantitative estimate of drug-likeness (QED) is 0.335. The van der Waals surface area contributed by atoms with Gasteiger partial charge in [0.05, 0.1) is 11.4 Å². The van der Waals surface area contributed by atoms with Gasteiger partial charge in [-0.25, -0.2) is 24.6 Å². The average Bonchev–Trinajstić information content (AvgIpc) is 3.65. The zero-order valence-corrected chi connectivity index (χ0v) is 22.9. The van der Waals surface area contributed by atoms with Crippen molar-refractivity contribution >= 4 is 5.82 Å². The number of nitrogens with zero attached hydrogens (tertiary/aromatic N) is 9. The lowest BCUT2D eigenvalue weighted by Gasteiger charge is -2.59. The lowest BCUT2D eigenvalue weighted by molar-refractivity contribution is -0.0344. The summed E-state index contributed by atoms with van der Waals surface area (Å²) in [5.74, 6) is 2.55. The molecule has 3 aliphatic heterocycles. The molecule has 8 rings (SSSR count). The molecule has 3 unspecified atom stereocenters. The van der Waals surface area contributed by atoms with Crippen LogP contribution < -0.4 is 4.90 Å². The van der Waals surface area contributed by atoms with Crippen LogP contribution in [0, 0.1) is 13.8 Å². The van der Waals surface area contributed by atoms with Crippen molar-refractivity contribution in [3.05, 3.63) is 95.6 Å². The van der Waals surface area contributed by atoms with E-state index < -0.39 is 0 Å². The summed E-state index contributed by atoms with van der Waals surface area (Å²) in [6.07, 6.45) is 9.47. The molecule has 5 aromatic heterocycles. The van der Waals surface area contributed by atoms with Crippen LogP contribution in [0.2, 0.25) is 0 Å². The molecule has 8 heterocycles. The Balaban J connectivity index is 1.01. The molecule has 10 nitrogen and oxygen atoms in total. The highest BCUT2D eigenvalue weighted by molar-refractivity contribution is 5.57. The predicted octanol–water partition coefficient (Wildman–Crippen LogP) is 4.07. The minimum Gasteiger partial charge on any atom is -0.353 e. The van der Waals surface area contributed by atoms with E-state index in [1.165, 1.54) is 12.0 Å². The lowest BCUT2D eigenvalue weighted by atomic mass is 9.84. The minimum atomic E-state index is 0.318. The van der Waals surface area contributed by atoms with Crippen LogP contribution >= 0.6 is 0 Å². The molecule has 0 radical (unpaired) electrons. The molecule has 2 bridgehead atoms. The molecule has 5 aromatic rings. The third-order valence-electron chi connectivity index (χ3n) is 8.05. The second-order valence-electron chi connectivity index (χ2n) is 10.9. The number of hydrogen-bond acceptors (Lipinski definition) is 8. The SMILES string of the molecule is Cc1cc(Cc2cc(C)[nH]n2)nc(-c2ccc(N3CC4CC(C3)N4C(C)c3ccc(-n4cccn4)nc3)nc2)n1. The molecular weight excluding hydrogens is 500 g/mol. The Bertz CT molecular complexity index is 1600. The molecule has 3 atom stereocenters. The first-order valence-corrected chi connectivity index (χ1v) is 13.8. The summed E-state index contributed by atoms with van der Waals surface area (Å²) in [5, 5.41) is 11.6. The maximum atomic E-state index is 4.83. The van der Waals surface area contributed by atoms with Crippen molar-refractivity contribution in [2.24, 2.45) is 0 Å². The van der Waals surface area contributed by atoms with Crippen molar-refractivity contribution in [2.75, 3.05) is 18.0 Å². The van der Waals surface area contributed by atoms with E-state index >= 15 is 0 Å². The number of nitrogens with one attached hydrogen (secondary N) is 1. The van der Waals surface area contributed by atoms with Crippen LogP contribution in [-0.2, 0) is 6.42 Å². The molecule has 3 fully saturated rings. The molecule has 10 heteroatoms. The highest BCUT2D eigenvalue weighted by Crippen LogP contribution is 2.40. The van der Waals surface area contributed by atoms with E-state index in [2.05, 4.69) is 60.2 Å². The van der Waals surface area contributed by atoms with Gasteiger partial charge in [-0.2, -0.15) is 10.2 Å². The van der Waals surface area contributed by atoms with Crippen molar-refractivity contribution in [3.63, 3.8) is 0 Å². The van der Waals surface area contributed by atoms with Crippen LogP contribution in [0.3, 0.4) is 0 Å². The summed E-state index contributed by atoms with van der Waals surface area (Å²) < 4.78 is 1.79. The number of aromatic nitrogens is 8. The molecular formula is C30H32N10. The van der Waals surface area contributed by atoms with Gasteiger partial charge in [-0.3, -0.25) is 10.00 Å². The van der Waals surface area contributed by atoms with Crippen LogP contribution in [-0.4, -0.2) is 70.0 Å². The number of aromatic amines is 1. The number of piperidine rings is 1. The van der Waals surface area contributed by atoms with Gasteiger partial charge in [0, 0.05) is 79.4 Å². The van der Waals surface area contributed by atoms with Crippen molar-refractivity contribution < 1.29 is 0 Å². The van der Waals surface area contributed by atoms with Crippen LogP contribution in [0.25, 0.3) is 17.2 Å². The van der Waals surface area contributed by atoms with Crippen molar-refractivity contribution in [1.29, 1.82) is 0 Å². The zero-order valence-electron chi connectivity index (χ0n) is 22.9. The zero-order chi connectivity index (χ0) is 27.2. The third kappa shape index (κ3) is 4.64. The number of H-pyrrole nitrogens is 1. The fourth-order valence-electron chi connectivity index (χ4n) is 6.12. The Morgan fingerprint density at radius 1 is 0.950 bits per heavy atom. The van der Waals surface area contributed by atoms with E-state index in [9.17, 15) is 0 Å². The van der Waals surface area contributed by atoms with Gasteiger partial charge in [0.2, 0.25) is 0 Å². The topological polar surface area (TPSA) is 105 Å². The van der Waals surface area contributed by atoms with E-state index in [1.54, 1.807) is 10.9 Å². The van der Waals surface area contributed by atoms with Crippen molar-refractivity contribution in [2.45, 2.75) is 51.7 Å². The highest BCUT2D eigenvalue weighted by atomic mass is 15.4. The van der Waals surface area contributed by atoms with Crippen molar-refractivity contribution in [1.82, 2.24) is 44.8 Å². The maximum absolute atomic E-state index is 4.83. The van der Waals surface area contributed by atoms with Gasteiger partial charge in [-0.05, 0) is 69.2 Å². The first-order chi connectivity index (χ1) is 19.5. The highest BCUT2D eigenvalue weighted by Gasteiger charge is 2.47. The van der Waals surface area contributed by atoms with Gasteiger partial charge in [0.25, 0.3) is 0 Å². The Hall–Kier alpha value is -4.44. The van der Waals surface area contributed by atoms with Crippen LogP contribution in [0.4, 0.5) is 5.82 Å². The summed E-state index contributed by atoms with van der Waals surface area (Å²) in [5.41, 5.74) is 6.08. The molecule has 0 saturated carbocycles. The normalized spacial score (nSPS) is 19.4. The number of pyridine rings is 2. The van der Waals surface area contributed by atoms with Crippen LogP contribution in [0.15, 0.2) is 67.3 Å². The molecule has 0 aromatic carbocycles. The fraction of sp³-hybridized carbons (Fsp3) is 0.333. The number of fused-ring (bicyclic) bond motifs is 2. The molecule has 0 amide bonds.